The van der Waals surface area contributed by atoms with Gasteiger partial charge in [0.1, 0.15) is 0 Å². The fourth-order valence-corrected chi connectivity index (χ4v) is 0.965. The van der Waals surface area contributed by atoms with E-state index in [9.17, 15) is 4.79 Å². The summed E-state index contributed by atoms with van der Waals surface area (Å²) in [6.07, 6.45) is 6.02. The number of hydrogen-bond acceptors (Lipinski definition) is 2. The van der Waals surface area contributed by atoms with Crippen molar-refractivity contribution in [1.29, 1.82) is 0 Å². The maximum Gasteiger partial charge on any atom is 0.307 e. The standard InChI is InChI=1S/C12H19ClO2/c1-9(2)12(13)6-5-10(3)7-8-15-11(4)14/h5,7-9,12H,6H2,1-4H3. The summed E-state index contributed by atoms with van der Waals surface area (Å²) in [5, 5.41) is 0.155. The van der Waals surface area contributed by atoms with Crippen LogP contribution in [-0.4, -0.2) is 11.3 Å². The van der Waals surface area contributed by atoms with Crippen LogP contribution in [0.25, 0.3) is 0 Å². The van der Waals surface area contributed by atoms with Crippen molar-refractivity contribution < 1.29 is 9.53 Å². The van der Waals surface area contributed by atoms with Gasteiger partial charge in [0.25, 0.3) is 0 Å². The first-order chi connectivity index (χ1) is 6.93. The van der Waals surface area contributed by atoms with Gasteiger partial charge in [0.15, 0.2) is 0 Å². The Labute approximate surface area is 97.0 Å². The average Bonchev–Trinajstić information content (AvgIpc) is 2.13. The first-order valence-electron chi connectivity index (χ1n) is 5.08. The molecule has 0 aromatic heterocycles. The van der Waals surface area contributed by atoms with E-state index in [1.54, 1.807) is 6.08 Å². The Morgan fingerprint density at radius 3 is 2.47 bits per heavy atom. The van der Waals surface area contributed by atoms with Gasteiger partial charge in [-0.2, -0.15) is 0 Å². The lowest BCUT2D eigenvalue weighted by molar-refractivity contribution is -0.135. The minimum Gasteiger partial charge on any atom is -0.435 e. The molecule has 0 radical (unpaired) electrons. The van der Waals surface area contributed by atoms with Crippen LogP contribution in [0.5, 0.6) is 0 Å². The van der Waals surface area contributed by atoms with E-state index in [-0.39, 0.29) is 11.3 Å². The predicted molar refractivity (Wildman–Crippen MR) is 63.8 cm³/mol. The summed E-state index contributed by atoms with van der Waals surface area (Å²) in [7, 11) is 0. The molecule has 0 heterocycles. The summed E-state index contributed by atoms with van der Waals surface area (Å²) in [6.45, 7) is 7.51. The Morgan fingerprint density at radius 2 is 2.00 bits per heavy atom. The van der Waals surface area contributed by atoms with Crippen LogP contribution in [-0.2, 0) is 9.53 Å². The van der Waals surface area contributed by atoms with Crippen molar-refractivity contribution in [2.75, 3.05) is 0 Å². The molecule has 2 nitrogen and oxygen atoms in total. The molecular formula is C12H19ClO2. The van der Waals surface area contributed by atoms with E-state index in [4.69, 9.17) is 11.6 Å². The van der Waals surface area contributed by atoms with Crippen molar-refractivity contribution in [3.63, 3.8) is 0 Å². The third kappa shape index (κ3) is 8.25. The Bertz CT molecular complexity index is 254. The van der Waals surface area contributed by atoms with Gasteiger partial charge in [0, 0.05) is 12.3 Å². The van der Waals surface area contributed by atoms with Crippen LogP contribution in [0.3, 0.4) is 0 Å². The van der Waals surface area contributed by atoms with Crippen molar-refractivity contribution in [3.05, 3.63) is 24.0 Å². The van der Waals surface area contributed by atoms with Gasteiger partial charge in [0.2, 0.25) is 0 Å². The highest BCUT2D eigenvalue weighted by Crippen LogP contribution is 2.15. The van der Waals surface area contributed by atoms with E-state index in [1.165, 1.54) is 13.2 Å². The third-order valence-electron chi connectivity index (χ3n) is 1.95. The molecule has 1 unspecified atom stereocenters. The average molecular weight is 231 g/mol. The first-order valence-corrected chi connectivity index (χ1v) is 5.51. The number of alkyl halides is 1. The zero-order valence-electron chi connectivity index (χ0n) is 9.79. The SMILES string of the molecule is CC(=O)OC=CC(C)=CCC(Cl)C(C)C. The second-order valence-corrected chi connectivity index (χ2v) is 4.42. The smallest absolute Gasteiger partial charge is 0.307 e. The molecule has 0 bridgehead atoms. The number of esters is 1. The van der Waals surface area contributed by atoms with E-state index in [0.29, 0.717) is 5.92 Å². The number of carbonyl (C=O) groups is 1. The molecule has 3 heteroatoms. The number of ether oxygens (including phenoxy) is 1. The van der Waals surface area contributed by atoms with Gasteiger partial charge in [-0.1, -0.05) is 25.5 Å². The van der Waals surface area contributed by atoms with Crippen LogP contribution < -0.4 is 0 Å². The minimum atomic E-state index is -0.309. The number of carbonyl (C=O) groups excluding carboxylic acids is 1. The van der Waals surface area contributed by atoms with Gasteiger partial charge in [-0.15, -0.1) is 11.6 Å². The predicted octanol–water partition coefficient (Wildman–Crippen LogP) is 3.66. The molecule has 0 saturated heterocycles. The van der Waals surface area contributed by atoms with Crippen molar-refractivity contribution >= 4 is 17.6 Å². The van der Waals surface area contributed by atoms with E-state index in [1.807, 2.05) is 13.0 Å². The molecule has 0 rings (SSSR count). The molecule has 0 N–H and O–H groups in total. The van der Waals surface area contributed by atoms with Crippen LogP contribution in [0.2, 0.25) is 0 Å². The lowest BCUT2D eigenvalue weighted by Gasteiger charge is -2.10. The number of allylic oxidation sites excluding steroid dienone is 3. The van der Waals surface area contributed by atoms with Crippen molar-refractivity contribution in [1.82, 2.24) is 0 Å². The maximum absolute atomic E-state index is 10.5. The lowest BCUT2D eigenvalue weighted by atomic mass is 10.1. The molecule has 0 amide bonds. The molecule has 0 saturated carbocycles. The number of hydrogen-bond donors (Lipinski definition) is 0. The zero-order chi connectivity index (χ0) is 11.8. The summed E-state index contributed by atoms with van der Waals surface area (Å²) in [5.41, 5.74) is 1.04. The van der Waals surface area contributed by atoms with Gasteiger partial charge >= 0.3 is 5.97 Å². The number of halogens is 1. The number of rotatable bonds is 5. The van der Waals surface area contributed by atoms with Crippen molar-refractivity contribution in [3.8, 4) is 0 Å². The fourth-order valence-electron chi connectivity index (χ4n) is 0.876. The summed E-state index contributed by atoms with van der Waals surface area (Å²) in [5.74, 6) is 0.157. The normalized spacial score (nSPS) is 14.7. The van der Waals surface area contributed by atoms with Gasteiger partial charge in [-0.05, 0) is 25.3 Å². The molecule has 86 valence electrons. The Hall–Kier alpha value is -0.760. The largest absolute Gasteiger partial charge is 0.435 e. The van der Waals surface area contributed by atoms with Crippen LogP contribution in [0.1, 0.15) is 34.1 Å². The molecule has 15 heavy (non-hydrogen) atoms. The Kier molecular flexibility index (Phi) is 7.14. The lowest BCUT2D eigenvalue weighted by Crippen LogP contribution is -2.05. The van der Waals surface area contributed by atoms with Crippen LogP contribution in [0.15, 0.2) is 24.0 Å². The van der Waals surface area contributed by atoms with E-state index < -0.39 is 0 Å². The highest BCUT2D eigenvalue weighted by Gasteiger charge is 2.06. The van der Waals surface area contributed by atoms with E-state index in [0.717, 1.165) is 12.0 Å². The second kappa shape index (κ2) is 7.52. The summed E-state index contributed by atoms with van der Waals surface area (Å²) in [6, 6.07) is 0. The quantitative estimate of drug-likeness (QED) is 0.312. The summed E-state index contributed by atoms with van der Waals surface area (Å²) >= 11 is 6.09. The Balaban J connectivity index is 3.98. The monoisotopic (exact) mass is 230 g/mol. The van der Waals surface area contributed by atoms with Gasteiger partial charge in [-0.25, -0.2) is 0 Å². The zero-order valence-corrected chi connectivity index (χ0v) is 10.5. The highest BCUT2D eigenvalue weighted by atomic mass is 35.5. The molecule has 0 aliphatic rings. The van der Waals surface area contributed by atoms with Gasteiger partial charge in [0.05, 0.1) is 6.26 Å². The van der Waals surface area contributed by atoms with Crippen molar-refractivity contribution in [2.45, 2.75) is 39.5 Å². The van der Waals surface area contributed by atoms with Crippen LogP contribution in [0, 0.1) is 5.92 Å². The van der Waals surface area contributed by atoms with Crippen LogP contribution >= 0.6 is 11.6 Å². The van der Waals surface area contributed by atoms with Gasteiger partial charge in [-0.3, -0.25) is 4.79 Å². The minimum absolute atomic E-state index is 0.155. The summed E-state index contributed by atoms with van der Waals surface area (Å²) < 4.78 is 4.67. The molecule has 0 aromatic carbocycles. The Morgan fingerprint density at radius 1 is 1.40 bits per heavy atom. The van der Waals surface area contributed by atoms with Crippen LogP contribution in [0.4, 0.5) is 0 Å². The fraction of sp³-hybridized carbons (Fsp3) is 0.583. The molecular weight excluding hydrogens is 212 g/mol. The molecule has 0 aliphatic heterocycles. The van der Waals surface area contributed by atoms with Gasteiger partial charge < -0.3 is 4.74 Å². The molecule has 0 spiro atoms. The topological polar surface area (TPSA) is 26.3 Å². The second-order valence-electron chi connectivity index (χ2n) is 3.86. The van der Waals surface area contributed by atoms with E-state index in [2.05, 4.69) is 18.6 Å². The third-order valence-corrected chi connectivity index (χ3v) is 2.64. The summed E-state index contributed by atoms with van der Waals surface area (Å²) in [4.78, 5) is 10.5. The van der Waals surface area contributed by atoms with E-state index >= 15 is 0 Å². The molecule has 1 atom stereocenters. The molecule has 0 aliphatic carbocycles. The molecule has 0 fully saturated rings. The maximum atomic E-state index is 10.5. The highest BCUT2D eigenvalue weighted by molar-refractivity contribution is 6.20. The van der Waals surface area contributed by atoms with Crippen molar-refractivity contribution in [2.24, 2.45) is 5.92 Å². The molecule has 0 aromatic rings. The first kappa shape index (κ1) is 14.2.